The second kappa shape index (κ2) is 13.1. The summed E-state index contributed by atoms with van der Waals surface area (Å²) in [7, 11) is 0. The fourth-order valence-corrected chi connectivity index (χ4v) is 10.5. The smallest absolute Gasteiger partial charge is 0.252 e. The molecule has 4 heterocycles. The lowest BCUT2D eigenvalue weighted by molar-refractivity contribution is 0.590. The van der Waals surface area contributed by atoms with Gasteiger partial charge in [-0.2, -0.15) is 0 Å². The van der Waals surface area contributed by atoms with Gasteiger partial charge >= 0.3 is 0 Å². The highest BCUT2D eigenvalue weighted by atomic mass is 16.3. The number of fused-ring (bicyclic) bond motifs is 10. The highest BCUT2D eigenvalue weighted by Crippen LogP contribution is 2.47. The number of benzene rings is 7. The van der Waals surface area contributed by atoms with Gasteiger partial charge < -0.3 is 18.6 Å². The molecule has 0 radical (unpaired) electrons. The molecule has 7 aromatic carbocycles. The van der Waals surface area contributed by atoms with E-state index in [1.165, 1.54) is 77.9 Å². The summed E-state index contributed by atoms with van der Waals surface area (Å²) in [6.45, 7) is 16.2. The molecule has 0 bridgehead atoms. The van der Waals surface area contributed by atoms with E-state index in [1.807, 2.05) is 6.07 Å². The van der Waals surface area contributed by atoms with Crippen LogP contribution in [-0.2, 0) is 17.3 Å². The van der Waals surface area contributed by atoms with Gasteiger partial charge in [0.25, 0.3) is 6.71 Å². The minimum Gasteiger partial charge on any atom is -0.456 e. The summed E-state index contributed by atoms with van der Waals surface area (Å²) in [5.74, 6) is 1.01. The number of anilines is 6. The van der Waals surface area contributed by atoms with Crippen molar-refractivity contribution in [3.8, 4) is 0 Å². The number of furan rings is 2. The average molecular weight is 805 g/mol. The average Bonchev–Trinajstić information content (AvgIpc) is 3.83. The largest absolute Gasteiger partial charge is 0.456 e. The highest BCUT2D eigenvalue weighted by Gasteiger charge is 2.44. The van der Waals surface area contributed by atoms with Gasteiger partial charge in [0.2, 0.25) is 0 Å². The minimum absolute atomic E-state index is 0.0292. The summed E-state index contributed by atoms with van der Waals surface area (Å²) >= 11 is 0. The molecule has 62 heavy (non-hydrogen) atoms. The first-order chi connectivity index (χ1) is 29.9. The van der Waals surface area contributed by atoms with Crippen LogP contribution in [0.4, 0.5) is 34.1 Å². The monoisotopic (exact) mass is 804 g/mol. The van der Waals surface area contributed by atoms with Crippen LogP contribution in [0.25, 0.3) is 38.5 Å². The number of aryl methyl sites for hydroxylation is 2. The van der Waals surface area contributed by atoms with E-state index in [0.717, 1.165) is 57.5 Å². The number of allylic oxidation sites excluding steroid dienone is 1. The molecule has 4 nitrogen and oxygen atoms in total. The van der Waals surface area contributed by atoms with Crippen molar-refractivity contribution >= 4 is 95.7 Å². The first-order valence-electron chi connectivity index (χ1n) is 22.2. The Bertz CT molecular complexity index is 3350. The van der Waals surface area contributed by atoms with Crippen molar-refractivity contribution in [3.05, 3.63) is 179 Å². The summed E-state index contributed by atoms with van der Waals surface area (Å²) in [5, 5.41) is 3.50. The zero-order valence-electron chi connectivity index (χ0n) is 36.6. The van der Waals surface area contributed by atoms with Crippen LogP contribution in [-0.4, -0.2) is 6.71 Å². The second-order valence-corrected chi connectivity index (χ2v) is 19.8. The minimum atomic E-state index is -0.0316. The summed E-state index contributed by atoms with van der Waals surface area (Å²) in [6.07, 6.45) is 4.35. The molecule has 0 atom stereocenters. The first-order valence-corrected chi connectivity index (χ1v) is 22.2. The van der Waals surface area contributed by atoms with Crippen LogP contribution < -0.4 is 26.2 Å². The molecule has 0 saturated carbocycles. The van der Waals surface area contributed by atoms with Gasteiger partial charge in [0.15, 0.2) is 0 Å². The third-order valence-corrected chi connectivity index (χ3v) is 13.7. The van der Waals surface area contributed by atoms with Gasteiger partial charge in [-0.1, -0.05) is 120 Å². The van der Waals surface area contributed by atoms with Crippen molar-refractivity contribution in [2.45, 2.75) is 72.1 Å². The molecule has 0 saturated heterocycles. The van der Waals surface area contributed by atoms with Crippen LogP contribution in [0.5, 0.6) is 0 Å². The lowest BCUT2D eigenvalue weighted by Gasteiger charge is -2.45. The number of nitrogens with zero attached hydrogens (tertiary/aromatic N) is 2. The Morgan fingerprint density at radius 3 is 1.73 bits per heavy atom. The van der Waals surface area contributed by atoms with Gasteiger partial charge in [-0.3, -0.25) is 0 Å². The lowest BCUT2D eigenvalue weighted by atomic mass is 9.33. The van der Waals surface area contributed by atoms with Crippen LogP contribution in [0.2, 0.25) is 0 Å². The molecular weight excluding hydrogens is 755 g/mol. The van der Waals surface area contributed by atoms with E-state index < -0.39 is 0 Å². The fourth-order valence-electron chi connectivity index (χ4n) is 10.5. The molecule has 0 spiro atoms. The zero-order valence-corrected chi connectivity index (χ0v) is 36.6. The molecule has 0 N–H and O–H groups in total. The predicted octanol–water partition coefficient (Wildman–Crippen LogP) is 13.7. The van der Waals surface area contributed by atoms with Gasteiger partial charge in [-0.15, -0.1) is 0 Å². The summed E-state index contributed by atoms with van der Waals surface area (Å²) in [6, 6.07) is 52.1. The van der Waals surface area contributed by atoms with Gasteiger partial charge in [-0.05, 0) is 130 Å². The molecule has 302 valence electrons. The van der Waals surface area contributed by atoms with E-state index in [9.17, 15) is 0 Å². The van der Waals surface area contributed by atoms with Crippen molar-refractivity contribution in [3.63, 3.8) is 0 Å². The van der Waals surface area contributed by atoms with E-state index >= 15 is 0 Å². The molecule has 9 aromatic rings. The molecule has 0 amide bonds. The third kappa shape index (κ3) is 5.53. The SMILES string of the molecule is Cc1cc2c3c(c1)N(c1ccc4c(c1)oc1ccccc14)c1cc(C(C)(C)C)ccc1B3c1ccc(C(C)(C)C)cc1N2c1ccc(C2=CCCc3c2oc2ccccc32)cc1. The quantitative estimate of drug-likeness (QED) is 0.167. The number of para-hydroxylation sites is 2. The maximum absolute atomic E-state index is 6.55. The fraction of sp³-hybridized carbons (Fsp3) is 0.193. The Labute approximate surface area is 364 Å². The van der Waals surface area contributed by atoms with Crippen molar-refractivity contribution in [2.75, 3.05) is 9.80 Å². The highest BCUT2D eigenvalue weighted by molar-refractivity contribution is 7.00. The Kier molecular flexibility index (Phi) is 7.86. The van der Waals surface area contributed by atoms with E-state index in [4.69, 9.17) is 8.83 Å². The standard InChI is InChI=1S/C57H49BN2O2/c1-34-29-49-54-50(30-34)60(39-25-26-43-41-13-8-10-17-51(41)61-53(43)33-39)48-32-37(57(5,6)7)22-28-46(48)58(54)45-27-21-36(56(2,3)4)31-47(45)59(49)38-23-19-35(20-24-38)40-15-12-16-44-42-14-9-11-18-52(42)62-55(40)44/h8-11,13-15,17-33H,12,16H2,1-7H3. The maximum atomic E-state index is 6.55. The third-order valence-electron chi connectivity index (χ3n) is 13.7. The van der Waals surface area contributed by atoms with Crippen LogP contribution in [0.3, 0.4) is 0 Å². The summed E-state index contributed by atoms with van der Waals surface area (Å²) in [5.41, 5.74) is 21.3. The van der Waals surface area contributed by atoms with E-state index in [1.54, 1.807) is 0 Å². The first kappa shape index (κ1) is 37.1. The summed E-state index contributed by atoms with van der Waals surface area (Å²) in [4.78, 5) is 5.05. The van der Waals surface area contributed by atoms with Crippen molar-refractivity contribution in [2.24, 2.45) is 0 Å². The van der Waals surface area contributed by atoms with Gasteiger partial charge in [0.05, 0.1) is 0 Å². The van der Waals surface area contributed by atoms with Crippen molar-refractivity contribution in [1.29, 1.82) is 0 Å². The molecule has 0 unspecified atom stereocenters. The van der Waals surface area contributed by atoms with Crippen molar-refractivity contribution < 1.29 is 8.83 Å². The Morgan fingerprint density at radius 1 is 0.516 bits per heavy atom. The molecule has 3 aliphatic rings. The maximum Gasteiger partial charge on any atom is 0.252 e. The topological polar surface area (TPSA) is 32.8 Å². The van der Waals surface area contributed by atoms with E-state index in [2.05, 4.69) is 198 Å². The van der Waals surface area contributed by atoms with E-state index in [0.29, 0.717) is 0 Å². The van der Waals surface area contributed by atoms with Crippen LogP contribution in [0, 0.1) is 6.92 Å². The lowest BCUT2D eigenvalue weighted by Crippen LogP contribution is -2.61. The predicted molar refractivity (Wildman–Crippen MR) is 261 cm³/mol. The Hall–Kier alpha value is -6.72. The normalized spacial score (nSPS) is 14.6. The Morgan fingerprint density at radius 2 is 1.08 bits per heavy atom. The Balaban J connectivity index is 1.08. The molecule has 2 aliphatic heterocycles. The molecule has 2 aromatic heterocycles. The van der Waals surface area contributed by atoms with Crippen LogP contribution >= 0.6 is 0 Å². The zero-order chi connectivity index (χ0) is 42.2. The van der Waals surface area contributed by atoms with Crippen molar-refractivity contribution in [1.82, 2.24) is 0 Å². The second-order valence-electron chi connectivity index (χ2n) is 19.8. The van der Waals surface area contributed by atoms with E-state index in [-0.39, 0.29) is 17.5 Å². The molecule has 5 heteroatoms. The van der Waals surface area contributed by atoms with Gasteiger partial charge in [0.1, 0.15) is 22.5 Å². The molecule has 1 aliphatic carbocycles. The van der Waals surface area contributed by atoms with Gasteiger partial charge in [-0.25, -0.2) is 0 Å². The number of hydrogen-bond donors (Lipinski definition) is 0. The molecule has 0 fully saturated rings. The molecular formula is C57H49BN2O2. The van der Waals surface area contributed by atoms with Crippen LogP contribution in [0.1, 0.15) is 81.5 Å². The van der Waals surface area contributed by atoms with Gasteiger partial charge in [0, 0.05) is 67.5 Å². The summed E-state index contributed by atoms with van der Waals surface area (Å²) < 4.78 is 13.1. The number of hydrogen-bond acceptors (Lipinski definition) is 4. The molecule has 12 rings (SSSR count). The van der Waals surface area contributed by atoms with Crippen LogP contribution in [0.15, 0.2) is 154 Å². The number of rotatable bonds is 3.